The van der Waals surface area contributed by atoms with Crippen molar-refractivity contribution in [3.05, 3.63) is 48.9 Å². The molecular formula is C18H20N4. The molecule has 1 aromatic carbocycles. The first-order valence-electron chi connectivity index (χ1n) is 7.45. The van der Waals surface area contributed by atoms with Crippen LogP contribution in [-0.2, 0) is 0 Å². The van der Waals surface area contributed by atoms with Gasteiger partial charge >= 0.3 is 0 Å². The van der Waals surface area contributed by atoms with E-state index in [0.29, 0.717) is 6.04 Å². The van der Waals surface area contributed by atoms with Crippen LogP contribution in [0.3, 0.4) is 0 Å². The van der Waals surface area contributed by atoms with Crippen LogP contribution in [0.2, 0.25) is 0 Å². The SMILES string of the molecule is CNc1cc2cc(-c3cncc(NC(C)C)c3)ccc2cn1. The molecule has 0 saturated carbocycles. The van der Waals surface area contributed by atoms with Crippen LogP contribution in [0.15, 0.2) is 48.9 Å². The number of hydrogen-bond donors (Lipinski definition) is 2. The topological polar surface area (TPSA) is 49.8 Å². The molecule has 0 aliphatic carbocycles. The van der Waals surface area contributed by atoms with E-state index in [2.05, 4.69) is 64.8 Å². The van der Waals surface area contributed by atoms with Crippen LogP contribution < -0.4 is 10.6 Å². The van der Waals surface area contributed by atoms with Crippen molar-refractivity contribution in [1.29, 1.82) is 0 Å². The number of hydrogen-bond acceptors (Lipinski definition) is 4. The van der Waals surface area contributed by atoms with Crippen LogP contribution in [0.4, 0.5) is 11.5 Å². The van der Waals surface area contributed by atoms with Crippen LogP contribution in [0.5, 0.6) is 0 Å². The lowest BCUT2D eigenvalue weighted by molar-refractivity contribution is 0.898. The van der Waals surface area contributed by atoms with Crippen molar-refractivity contribution in [2.75, 3.05) is 17.7 Å². The number of benzene rings is 1. The summed E-state index contributed by atoms with van der Waals surface area (Å²) < 4.78 is 0. The molecule has 2 heterocycles. The maximum Gasteiger partial charge on any atom is 0.126 e. The Hall–Kier alpha value is -2.62. The number of nitrogens with one attached hydrogen (secondary N) is 2. The molecule has 3 rings (SSSR count). The van der Waals surface area contributed by atoms with Crippen LogP contribution >= 0.6 is 0 Å². The van der Waals surface area contributed by atoms with E-state index in [-0.39, 0.29) is 0 Å². The Kier molecular flexibility index (Phi) is 3.92. The average molecular weight is 292 g/mol. The summed E-state index contributed by atoms with van der Waals surface area (Å²) in [6, 6.07) is 11.0. The van der Waals surface area contributed by atoms with E-state index in [0.717, 1.165) is 28.0 Å². The zero-order chi connectivity index (χ0) is 15.5. The van der Waals surface area contributed by atoms with Crippen molar-refractivity contribution in [3.8, 4) is 11.1 Å². The highest BCUT2D eigenvalue weighted by Gasteiger charge is 2.04. The van der Waals surface area contributed by atoms with Gasteiger partial charge < -0.3 is 10.6 Å². The van der Waals surface area contributed by atoms with E-state index in [1.165, 1.54) is 5.39 Å². The molecule has 3 aromatic rings. The summed E-state index contributed by atoms with van der Waals surface area (Å²) in [7, 11) is 1.88. The van der Waals surface area contributed by atoms with E-state index in [4.69, 9.17) is 0 Å². The van der Waals surface area contributed by atoms with E-state index < -0.39 is 0 Å². The molecule has 112 valence electrons. The first kappa shape index (κ1) is 14.3. The second-order valence-electron chi connectivity index (χ2n) is 5.64. The van der Waals surface area contributed by atoms with Gasteiger partial charge in [-0.2, -0.15) is 0 Å². The second kappa shape index (κ2) is 6.02. The van der Waals surface area contributed by atoms with Crippen LogP contribution in [0, 0.1) is 0 Å². The van der Waals surface area contributed by atoms with Crippen LogP contribution in [0.1, 0.15) is 13.8 Å². The third-order valence-electron chi connectivity index (χ3n) is 3.50. The molecule has 0 spiro atoms. The molecule has 0 unspecified atom stereocenters. The minimum atomic E-state index is 0.387. The van der Waals surface area contributed by atoms with Crippen LogP contribution in [-0.4, -0.2) is 23.1 Å². The number of nitrogens with zero attached hydrogens (tertiary/aromatic N) is 2. The Bertz CT molecular complexity index is 796. The van der Waals surface area contributed by atoms with Crippen molar-refractivity contribution >= 4 is 22.3 Å². The summed E-state index contributed by atoms with van der Waals surface area (Å²) in [5.41, 5.74) is 3.30. The summed E-state index contributed by atoms with van der Waals surface area (Å²) in [6.45, 7) is 4.24. The maximum absolute atomic E-state index is 4.34. The number of aromatic nitrogens is 2. The monoisotopic (exact) mass is 292 g/mol. The molecule has 0 saturated heterocycles. The normalized spacial score (nSPS) is 10.9. The predicted octanol–water partition coefficient (Wildman–Crippen LogP) is 4.16. The smallest absolute Gasteiger partial charge is 0.126 e. The number of fused-ring (bicyclic) bond motifs is 1. The molecule has 0 amide bonds. The van der Waals surface area contributed by atoms with Crippen LogP contribution in [0.25, 0.3) is 21.9 Å². The first-order valence-corrected chi connectivity index (χ1v) is 7.45. The van der Waals surface area contributed by atoms with E-state index in [9.17, 15) is 0 Å². The zero-order valence-corrected chi connectivity index (χ0v) is 13.1. The molecular weight excluding hydrogens is 272 g/mol. The third kappa shape index (κ3) is 3.01. The van der Waals surface area contributed by atoms with Gasteiger partial charge in [-0.15, -0.1) is 0 Å². The lowest BCUT2D eigenvalue weighted by atomic mass is 10.0. The molecule has 0 fully saturated rings. The molecule has 0 atom stereocenters. The minimum Gasteiger partial charge on any atom is -0.382 e. The number of anilines is 2. The Balaban J connectivity index is 2.02. The Morgan fingerprint density at radius 2 is 1.77 bits per heavy atom. The van der Waals surface area contributed by atoms with Gasteiger partial charge in [-0.05, 0) is 43.0 Å². The van der Waals surface area contributed by atoms with Crippen molar-refractivity contribution < 1.29 is 0 Å². The molecule has 4 heteroatoms. The number of pyridine rings is 2. The Morgan fingerprint density at radius 1 is 0.909 bits per heavy atom. The average Bonchev–Trinajstić information content (AvgIpc) is 2.53. The Labute approximate surface area is 130 Å². The van der Waals surface area contributed by atoms with Crippen molar-refractivity contribution in [2.24, 2.45) is 0 Å². The maximum atomic E-state index is 4.34. The van der Waals surface area contributed by atoms with Gasteiger partial charge in [0.05, 0.1) is 5.69 Å². The lowest BCUT2D eigenvalue weighted by Gasteiger charge is -2.11. The quantitative estimate of drug-likeness (QED) is 0.758. The van der Waals surface area contributed by atoms with Gasteiger partial charge in [-0.3, -0.25) is 4.98 Å². The summed E-state index contributed by atoms with van der Waals surface area (Å²) >= 11 is 0. The number of rotatable bonds is 4. The second-order valence-corrected chi connectivity index (χ2v) is 5.64. The fourth-order valence-electron chi connectivity index (χ4n) is 2.47. The van der Waals surface area contributed by atoms with Gasteiger partial charge in [0.15, 0.2) is 0 Å². The summed E-state index contributed by atoms with van der Waals surface area (Å²) in [6.07, 6.45) is 5.64. The summed E-state index contributed by atoms with van der Waals surface area (Å²) in [5.74, 6) is 0.873. The summed E-state index contributed by atoms with van der Waals surface area (Å²) in [4.78, 5) is 8.68. The molecule has 0 aliphatic rings. The molecule has 22 heavy (non-hydrogen) atoms. The van der Waals surface area contributed by atoms with Gasteiger partial charge in [-0.25, -0.2) is 4.98 Å². The highest BCUT2D eigenvalue weighted by atomic mass is 14.9. The lowest BCUT2D eigenvalue weighted by Crippen LogP contribution is -2.09. The van der Waals surface area contributed by atoms with E-state index in [1.807, 2.05) is 25.6 Å². The van der Waals surface area contributed by atoms with E-state index in [1.54, 1.807) is 0 Å². The van der Waals surface area contributed by atoms with Crippen molar-refractivity contribution in [3.63, 3.8) is 0 Å². The third-order valence-corrected chi connectivity index (χ3v) is 3.50. The van der Waals surface area contributed by atoms with Crippen molar-refractivity contribution in [2.45, 2.75) is 19.9 Å². The molecule has 0 bridgehead atoms. The van der Waals surface area contributed by atoms with Gasteiger partial charge in [0.25, 0.3) is 0 Å². The first-order chi connectivity index (χ1) is 10.7. The zero-order valence-electron chi connectivity index (χ0n) is 13.1. The highest BCUT2D eigenvalue weighted by molar-refractivity contribution is 5.88. The fraction of sp³-hybridized carbons (Fsp3) is 0.222. The summed E-state index contributed by atoms with van der Waals surface area (Å²) in [5, 5.41) is 8.76. The van der Waals surface area contributed by atoms with E-state index >= 15 is 0 Å². The fourth-order valence-corrected chi connectivity index (χ4v) is 2.47. The van der Waals surface area contributed by atoms with Gasteiger partial charge in [0.2, 0.25) is 0 Å². The predicted molar refractivity (Wildman–Crippen MR) is 93.3 cm³/mol. The minimum absolute atomic E-state index is 0.387. The molecule has 4 nitrogen and oxygen atoms in total. The van der Waals surface area contributed by atoms with Gasteiger partial charge in [-0.1, -0.05) is 12.1 Å². The largest absolute Gasteiger partial charge is 0.382 e. The molecule has 0 aliphatic heterocycles. The van der Waals surface area contributed by atoms with Gasteiger partial charge in [0, 0.05) is 42.6 Å². The molecule has 0 radical (unpaired) electrons. The molecule has 2 aromatic heterocycles. The van der Waals surface area contributed by atoms with Gasteiger partial charge in [0.1, 0.15) is 5.82 Å². The standard InChI is InChI=1S/C18H20N4/c1-12(2)22-17-7-16(9-20-11-17)13-4-5-14-10-21-18(19-3)8-15(14)6-13/h4-12,22H,1-3H3,(H,19,21). The van der Waals surface area contributed by atoms with Crippen molar-refractivity contribution in [1.82, 2.24) is 9.97 Å². The Morgan fingerprint density at radius 3 is 2.55 bits per heavy atom. The highest BCUT2D eigenvalue weighted by Crippen LogP contribution is 2.26. The molecule has 2 N–H and O–H groups in total.